The molecule has 0 radical (unpaired) electrons. The third-order valence-electron chi connectivity index (χ3n) is 3.42. The predicted molar refractivity (Wildman–Crippen MR) is 67.1 cm³/mol. The van der Waals surface area contributed by atoms with E-state index >= 15 is 0 Å². The quantitative estimate of drug-likeness (QED) is 0.625. The van der Waals surface area contributed by atoms with Gasteiger partial charge in [-0.1, -0.05) is 12.1 Å². The van der Waals surface area contributed by atoms with Gasteiger partial charge in [0.15, 0.2) is 0 Å². The molecule has 90 valence electrons. The lowest BCUT2D eigenvalue weighted by Crippen LogP contribution is -2.21. The predicted octanol–water partition coefficient (Wildman–Crippen LogP) is 2.65. The van der Waals surface area contributed by atoms with Crippen LogP contribution in [-0.4, -0.2) is 23.6 Å². The van der Waals surface area contributed by atoms with Gasteiger partial charge in [-0.3, -0.25) is 4.90 Å². The molecule has 1 aliphatic rings. The van der Waals surface area contributed by atoms with E-state index in [0.717, 1.165) is 29.5 Å². The van der Waals surface area contributed by atoms with Crippen molar-refractivity contribution in [2.24, 2.45) is 0 Å². The number of likely N-dealkylation sites (N-methyl/N-ethyl adjacent to an activating group) is 1. The molecule has 0 saturated carbocycles. The van der Waals surface area contributed by atoms with Gasteiger partial charge in [0.2, 0.25) is 0 Å². The van der Waals surface area contributed by atoms with Crippen molar-refractivity contribution in [3.8, 4) is 0 Å². The van der Waals surface area contributed by atoms with Crippen LogP contribution in [0.5, 0.6) is 0 Å². The van der Waals surface area contributed by atoms with Gasteiger partial charge in [0.05, 0.1) is 0 Å². The zero-order valence-corrected chi connectivity index (χ0v) is 10.4. The van der Waals surface area contributed by atoms with E-state index in [1.165, 1.54) is 5.56 Å². The monoisotopic (exact) mass is 251 g/mol. The fourth-order valence-electron chi connectivity index (χ4n) is 2.50. The minimum atomic E-state index is -0.234. The maximum atomic E-state index is 9.39. The fraction of sp³-hybridized carbons (Fsp3) is 0.385. The van der Waals surface area contributed by atoms with Crippen LogP contribution >= 0.6 is 11.6 Å². The van der Waals surface area contributed by atoms with E-state index in [2.05, 4.69) is 11.0 Å². The van der Waals surface area contributed by atoms with Crippen LogP contribution in [0, 0.1) is 0 Å². The Bertz CT molecular complexity index is 564. The molecule has 0 bridgehead atoms. The number of halogens is 1. The molecule has 2 heterocycles. The Hall–Kier alpha value is -1.03. The van der Waals surface area contributed by atoms with Crippen molar-refractivity contribution < 1.29 is 9.52 Å². The van der Waals surface area contributed by atoms with Crippen LogP contribution < -0.4 is 0 Å². The van der Waals surface area contributed by atoms with Crippen LogP contribution in [0.15, 0.2) is 22.6 Å². The third kappa shape index (κ3) is 1.58. The van der Waals surface area contributed by atoms with Gasteiger partial charge in [-0.05, 0) is 25.1 Å². The molecular weight excluding hydrogens is 238 g/mol. The molecule has 1 N–H and O–H groups in total. The number of hydrogen-bond acceptors (Lipinski definition) is 3. The number of hydrogen-bond donors (Lipinski definition) is 1. The largest absolute Gasteiger partial charge is 0.458 e. The fourth-order valence-corrected chi connectivity index (χ4v) is 2.83. The molecule has 2 aromatic rings. The Labute approximate surface area is 105 Å². The summed E-state index contributed by atoms with van der Waals surface area (Å²) in [5, 5.41) is 10.5. The van der Waals surface area contributed by atoms with Crippen molar-refractivity contribution in [1.82, 2.24) is 4.90 Å². The number of aliphatic hydroxyl groups is 1. The number of aliphatic hydroxyl groups excluding tert-OH is 1. The molecule has 0 spiro atoms. The summed E-state index contributed by atoms with van der Waals surface area (Å²) in [5.74, 6) is 0.584. The normalized spacial score (nSPS) is 20.8. The molecule has 1 aliphatic heterocycles. The Balaban J connectivity index is 2.36. The summed E-state index contributed by atoms with van der Waals surface area (Å²) in [6.45, 7) is 0.799. The van der Waals surface area contributed by atoms with E-state index in [4.69, 9.17) is 16.0 Å². The van der Waals surface area contributed by atoms with Gasteiger partial charge in [-0.25, -0.2) is 0 Å². The number of furan rings is 1. The van der Waals surface area contributed by atoms with Gasteiger partial charge in [0.25, 0.3) is 0 Å². The second-order valence-electron chi connectivity index (χ2n) is 4.45. The highest BCUT2D eigenvalue weighted by molar-refractivity contribution is 6.21. The van der Waals surface area contributed by atoms with Crippen LogP contribution in [0.2, 0.25) is 0 Å². The minimum absolute atomic E-state index is 0.111. The number of benzene rings is 1. The highest BCUT2D eigenvalue weighted by Gasteiger charge is 2.27. The molecule has 4 heteroatoms. The molecule has 1 aromatic heterocycles. The Kier molecular flexibility index (Phi) is 2.62. The van der Waals surface area contributed by atoms with Crippen LogP contribution in [0.4, 0.5) is 0 Å². The number of alkyl halides is 1. The molecule has 0 amide bonds. The van der Waals surface area contributed by atoms with Crippen LogP contribution in [0.25, 0.3) is 11.0 Å². The molecule has 3 nitrogen and oxygen atoms in total. The molecule has 1 unspecified atom stereocenters. The highest BCUT2D eigenvalue weighted by Crippen LogP contribution is 2.39. The topological polar surface area (TPSA) is 36.6 Å². The number of nitrogens with zero attached hydrogens (tertiary/aromatic N) is 1. The first-order valence-corrected chi connectivity index (χ1v) is 6.14. The lowest BCUT2D eigenvalue weighted by Gasteiger charge is -2.20. The van der Waals surface area contributed by atoms with Gasteiger partial charge in [-0.2, -0.15) is 0 Å². The van der Waals surface area contributed by atoms with Crippen LogP contribution in [0.1, 0.15) is 22.4 Å². The number of rotatable bonds is 1. The van der Waals surface area contributed by atoms with E-state index in [1.54, 1.807) is 0 Å². The van der Waals surface area contributed by atoms with Crippen LogP contribution in [-0.2, 0) is 13.0 Å². The smallest absolute Gasteiger partial charge is 0.136 e. The molecule has 3 rings (SSSR count). The van der Waals surface area contributed by atoms with Gasteiger partial charge < -0.3 is 9.52 Å². The maximum absolute atomic E-state index is 9.39. The highest BCUT2D eigenvalue weighted by atomic mass is 35.5. The lowest BCUT2D eigenvalue weighted by molar-refractivity contribution is 0.243. The van der Waals surface area contributed by atoms with E-state index in [-0.39, 0.29) is 12.1 Å². The van der Waals surface area contributed by atoms with E-state index in [1.807, 2.05) is 19.2 Å². The molecule has 0 aliphatic carbocycles. The Morgan fingerprint density at radius 3 is 3.12 bits per heavy atom. The summed E-state index contributed by atoms with van der Waals surface area (Å²) in [4.78, 5) is 2.07. The summed E-state index contributed by atoms with van der Waals surface area (Å²) in [7, 11) is 1.99. The van der Waals surface area contributed by atoms with Gasteiger partial charge >= 0.3 is 0 Å². The SMILES string of the molecule is CN1CCc2cccc3oc(CO)c(c23)C1Cl. The zero-order valence-electron chi connectivity index (χ0n) is 9.61. The standard InChI is InChI=1S/C13H14ClNO2/c1-15-6-5-8-3-2-4-9-11(8)12(13(15)14)10(7-16)17-9/h2-4,13,16H,5-7H2,1H3. The Morgan fingerprint density at radius 2 is 2.35 bits per heavy atom. The average Bonchev–Trinajstić information content (AvgIpc) is 2.67. The minimum Gasteiger partial charge on any atom is -0.458 e. The molecular formula is C13H14ClNO2. The van der Waals surface area contributed by atoms with Crippen molar-refractivity contribution in [2.45, 2.75) is 18.5 Å². The second kappa shape index (κ2) is 4.02. The van der Waals surface area contributed by atoms with Gasteiger partial charge in [-0.15, -0.1) is 11.6 Å². The first-order valence-electron chi connectivity index (χ1n) is 5.70. The molecule has 0 fully saturated rings. The first kappa shape index (κ1) is 11.1. The zero-order chi connectivity index (χ0) is 12.0. The van der Waals surface area contributed by atoms with Gasteiger partial charge in [0, 0.05) is 17.5 Å². The molecule has 1 atom stereocenters. The van der Waals surface area contributed by atoms with Crippen LogP contribution in [0.3, 0.4) is 0 Å². The van der Waals surface area contributed by atoms with Crippen molar-refractivity contribution in [1.29, 1.82) is 0 Å². The molecule has 1 aromatic carbocycles. The summed E-state index contributed by atoms with van der Waals surface area (Å²) in [6, 6.07) is 6.02. The van der Waals surface area contributed by atoms with Gasteiger partial charge in [0.1, 0.15) is 23.5 Å². The van der Waals surface area contributed by atoms with Crippen molar-refractivity contribution in [3.05, 3.63) is 35.1 Å². The first-order chi connectivity index (χ1) is 8.22. The third-order valence-corrected chi connectivity index (χ3v) is 3.97. The average molecular weight is 252 g/mol. The van der Waals surface area contributed by atoms with Crippen molar-refractivity contribution in [3.63, 3.8) is 0 Å². The van der Waals surface area contributed by atoms with E-state index < -0.39 is 0 Å². The maximum Gasteiger partial charge on any atom is 0.136 e. The molecule has 0 saturated heterocycles. The summed E-state index contributed by atoms with van der Waals surface area (Å²) >= 11 is 6.45. The Morgan fingerprint density at radius 1 is 1.53 bits per heavy atom. The molecule has 17 heavy (non-hydrogen) atoms. The van der Waals surface area contributed by atoms with E-state index in [0.29, 0.717) is 5.76 Å². The summed E-state index contributed by atoms with van der Waals surface area (Å²) < 4.78 is 5.67. The summed E-state index contributed by atoms with van der Waals surface area (Å²) in [6.07, 6.45) is 0.953. The second-order valence-corrected chi connectivity index (χ2v) is 4.87. The van der Waals surface area contributed by atoms with Crippen molar-refractivity contribution in [2.75, 3.05) is 13.6 Å². The van der Waals surface area contributed by atoms with E-state index in [9.17, 15) is 5.11 Å². The summed E-state index contributed by atoms with van der Waals surface area (Å²) in [5.41, 5.74) is 2.76. The van der Waals surface area contributed by atoms with Crippen molar-refractivity contribution >= 4 is 22.6 Å². The lowest BCUT2D eigenvalue weighted by atomic mass is 10.0.